The number of halogens is 2. The summed E-state index contributed by atoms with van der Waals surface area (Å²) in [6.07, 6.45) is -0.612. The molecule has 0 saturated carbocycles. The molecule has 0 spiro atoms. The maximum atomic E-state index is 12.6. The first-order chi connectivity index (χ1) is 15.5. The van der Waals surface area contributed by atoms with Crippen LogP contribution in [0.25, 0.3) is 0 Å². The molecule has 3 aromatic rings. The fourth-order valence-corrected chi connectivity index (χ4v) is 4.07. The number of hydrogen-bond donors (Lipinski definition) is 3. The highest BCUT2D eigenvalue weighted by Crippen LogP contribution is 2.31. The lowest BCUT2D eigenvalue weighted by Crippen LogP contribution is -2.54. The molecule has 6 nitrogen and oxygen atoms in total. The number of hydrogen-bond acceptors (Lipinski definition) is 5. The van der Waals surface area contributed by atoms with E-state index in [4.69, 9.17) is 27.9 Å². The zero-order chi connectivity index (χ0) is 24.2. The van der Waals surface area contributed by atoms with Gasteiger partial charge in [0.1, 0.15) is 17.0 Å². The number of carbonyl (C=O) groups excluding carboxylic acids is 2. The Bertz CT molecular complexity index is 1140. The van der Waals surface area contributed by atoms with Gasteiger partial charge in [-0.05, 0) is 68.3 Å². The largest absolute Gasteiger partial charge is 0.456 e. The fourth-order valence-electron chi connectivity index (χ4n) is 2.90. The number of nitrogens with one attached hydrogen (secondary N) is 2. The monoisotopic (exact) mass is 506 g/mol. The van der Waals surface area contributed by atoms with Gasteiger partial charge in [0.25, 0.3) is 5.91 Å². The van der Waals surface area contributed by atoms with E-state index in [1.165, 1.54) is 0 Å². The zero-order valence-corrected chi connectivity index (χ0v) is 20.6. The molecular weight excluding hydrogens is 483 g/mol. The number of rotatable bonds is 8. The minimum Gasteiger partial charge on any atom is -0.456 e. The maximum absolute atomic E-state index is 12.6. The fraction of sp³-hybridized carbons (Fsp3) is 0.250. The highest BCUT2D eigenvalue weighted by Gasteiger charge is 2.30. The smallest absolute Gasteiger partial charge is 0.262 e. The molecule has 0 aliphatic rings. The van der Waals surface area contributed by atoms with Crippen LogP contribution in [-0.2, 0) is 11.3 Å². The van der Waals surface area contributed by atoms with E-state index >= 15 is 0 Å². The van der Waals surface area contributed by atoms with E-state index in [2.05, 4.69) is 10.6 Å². The van der Waals surface area contributed by atoms with Gasteiger partial charge in [0.15, 0.2) is 0 Å². The van der Waals surface area contributed by atoms with Gasteiger partial charge in [0, 0.05) is 6.54 Å². The van der Waals surface area contributed by atoms with Gasteiger partial charge in [0.2, 0.25) is 5.91 Å². The second-order valence-electron chi connectivity index (χ2n) is 7.98. The highest BCUT2D eigenvalue weighted by molar-refractivity contribution is 7.18. The summed E-state index contributed by atoms with van der Waals surface area (Å²) in [6.45, 7) is 5.23. The summed E-state index contributed by atoms with van der Waals surface area (Å²) in [5.41, 5.74) is 0.459. The highest BCUT2D eigenvalue weighted by atomic mass is 35.5. The Morgan fingerprint density at radius 3 is 2.36 bits per heavy atom. The lowest BCUT2D eigenvalue weighted by atomic mass is 10.0. The van der Waals surface area contributed by atoms with Gasteiger partial charge in [-0.3, -0.25) is 9.59 Å². The number of aliphatic hydroxyl groups excluding tert-OH is 1. The van der Waals surface area contributed by atoms with Crippen LogP contribution in [0.4, 0.5) is 0 Å². The summed E-state index contributed by atoms with van der Waals surface area (Å²) in [5.74, 6) is 0.392. The standard InChI is InChI=1S/C24H24Cl2N2O4S/c1-14(29)16-6-9-19(18(25)12-16)32-17-7-4-15(5-8-17)13-27-23(31)24(2,3)28-22(30)20-10-11-21(26)33-20/h4-12,14,29H,13H2,1-3H3,(H,27,31)(H,28,30). The first kappa shape index (κ1) is 25.1. The lowest BCUT2D eigenvalue weighted by Gasteiger charge is -2.25. The van der Waals surface area contributed by atoms with Gasteiger partial charge in [-0.25, -0.2) is 0 Å². The third-order valence-corrected chi connectivity index (χ3v) is 6.36. The molecule has 33 heavy (non-hydrogen) atoms. The van der Waals surface area contributed by atoms with Crippen LogP contribution in [0, 0.1) is 0 Å². The van der Waals surface area contributed by atoms with Gasteiger partial charge < -0.3 is 20.5 Å². The van der Waals surface area contributed by atoms with Crippen molar-refractivity contribution in [3.8, 4) is 11.5 Å². The first-order valence-corrected chi connectivity index (χ1v) is 11.7. The van der Waals surface area contributed by atoms with E-state index < -0.39 is 11.6 Å². The molecule has 174 valence electrons. The van der Waals surface area contributed by atoms with Gasteiger partial charge in [0.05, 0.1) is 20.3 Å². The quantitative estimate of drug-likeness (QED) is 0.364. The second-order valence-corrected chi connectivity index (χ2v) is 10.1. The van der Waals surface area contributed by atoms with Gasteiger partial charge in [-0.2, -0.15) is 0 Å². The Morgan fingerprint density at radius 1 is 1.09 bits per heavy atom. The molecule has 0 saturated heterocycles. The summed E-state index contributed by atoms with van der Waals surface area (Å²) in [7, 11) is 0. The molecule has 1 atom stereocenters. The molecular formula is C24H24Cl2N2O4S. The molecule has 0 fully saturated rings. The molecule has 3 rings (SSSR count). The summed E-state index contributed by atoms with van der Waals surface area (Å²) >= 11 is 13.3. The lowest BCUT2D eigenvalue weighted by molar-refractivity contribution is -0.126. The predicted molar refractivity (Wildman–Crippen MR) is 131 cm³/mol. The van der Waals surface area contributed by atoms with Crippen LogP contribution in [-0.4, -0.2) is 22.5 Å². The van der Waals surface area contributed by atoms with Crippen molar-refractivity contribution >= 4 is 46.4 Å². The molecule has 1 heterocycles. The van der Waals surface area contributed by atoms with Crippen LogP contribution in [0.15, 0.2) is 54.6 Å². The van der Waals surface area contributed by atoms with Crippen LogP contribution < -0.4 is 15.4 Å². The molecule has 1 unspecified atom stereocenters. The van der Waals surface area contributed by atoms with Gasteiger partial charge >= 0.3 is 0 Å². The van der Waals surface area contributed by atoms with E-state index in [0.29, 0.717) is 31.3 Å². The number of ether oxygens (including phenoxy) is 1. The second kappa shape index (κ2) is 10.6. The summed E-state index contributed by atoms with van der Waals surface area (Å²) in [5, 5.41) is 15.6. The minimum absolute atomic E-state index is 0.285. The Balaban J connectivity index is 1.55. The molecule has 9 heteroatoms. The van der Waals surface area contributed by atoms with Crippen LogP contribution >= 0.6 is 34.5 Å². The molecule has 3 N–H and O–H groups in total. The van der Waals surface area contributed by atoms with E-state index in [0.717, 1.165) is 16.9 Å². The van der Waals surface area contributed by atoms with Crippen molar-refractivity contribution in [1.29, 1.82) is 0 Å². The van der Waals surface area contributed by atoms with Crippen molar-refractivity contribution < 1.29 is 19.4 Å². The Labute approximate surface area is 206 Å². The van der Waals surface area contributed by atoms with E-state index in [-0.39, 0.29) is 18.4 Å². The van der Waals surface area contributed by atoms with Gasteiger partial charge in [-0.15, -0.1) is 11.3 Å². The summed E-state index contributed by atoms with van der Waals surface area (Å²) in [6, 6.07) is 15.6. The summed E-state index contributed by atoms with van der Waals surface area (Å²) in [4.78, 5) is 25.4. The SMILES string of the molecule is CC(O)c1ccc(Oc2ccc(CNC(=O)C(C)(C)NC(=O)c3ccc(Cl)s3)cc2)c(Cl)c1. The van der Waals surface area contributed by atoms with Gasteiger partial charge in [-0.1, -0.05) is 41.4 Å². The molecule has 0 radical (unpaired) electrons. The topological polar surface area (TPSA) is 87.7 Å². The Kier molecular flexibility index (Phi) is 8.02. The Morgan fingerprint density at radius 2 is 1.79 bits per heavy atom. The van der Waals surface area contributed by atoms with Crippen molar-refractivity contribution in [2.45, 2.75) is 39.0 Å². The number of thiophene rings is 1. The van der Waals surface area contributed by atoms with Crippen molar-refractivity contribution in [2.24, 2.45) is 0 Å². The molecule has 0 aliphatic carbocycles. The van der Waals surface area contributed by atoms with E-state index in [1.54, 1.807) is 63.2 Å². The maximum Gasteiger partial charge on any atom is 0.262 e. The number of aliphatic hydroxyl groups is 1. The minimum atomic E-state index is -1.11. The van der Waals surface area contributed by atoms with Crippen molar-refractivity contribution in [2.75, 3.05) is 0 Å². The average molecular weight is 507 g/mol. The molecule has 2 aromatic carbocycles. The first-order valence-electron chi connectivity index (χ1n) is 10.2. The van der Waals surface area contributed by atoms with Crippen LogP contribution in [0.5, 0.6) is 11.5 Å². The average Bonchev–Trinajstić information content (AvgIpc) is 3.20. The molecule has 0 bridgehead atoms. The van der Waals surface area contributed by atoms with Crippen LogP contribution in [0.2, 0.25) is 9.36 Å². The van der Waals surface area contributed by atoms with E-state index in [1.807, 2.05) is 12.1 Å². The summed E-state index contributed by atoms with van der Waals surface area (Å²) < 4.78 is 6.32. The molecule has 2 amide bonds. The number of amides is 2. The number of carbonyl (C=O) groups is 2. The Hall–Kier alpha value is -2.58. The predicted octanol–water partition coefficient (Wildman–Crippen LogP) is 5.73. The van der Waals surface area contributed by atoms with Crippen molar-refractivity contribution in [1.82, 2.24) is 10.6 Å². The van der Waals surface area contributed by atoms with Crippen LogP contribution in [0.1, 0.15) is 47.7 Å². The van der Waals surface area contributed by atoms with Crippen LogP contribution in [0.3, 0.4) is 0 Å². The zero-order valence-electron chi connectivity index (χ0n) is 18.3. The molecule has 0 aliphatic heterocycles. The normalized spacial score (nSPS) is 12.2. The van der Waals surface area contributed by atoms with Crippen molar-refractivity contribution in [3.63, 3.8) is 0 Å². The van der Waals surface area contributed by atoms with E-state index in [9.17, 15) is 14.7 Å². The third-order valence-electron chi connectivity index (χ3n) is 4.83. The third kappa shape index (κ3) is 6.71. The molecule has 1 aromatic heterocycles. The number of benzene rings is 2. The van der Waals surface area contributed by atoms with Crippen molar-refractivity contribution in [3.05, 3.63) is 80.0 Å².